The first kappa shape index (κ1) is 18.9. The summed E-state index contributed by atoms with van der Waals surface area (Å²) in [6.07, 6.45) is 0. The Hall–Kier alpha value is -3.45. The van der Waals surface area contributed by atoms with E-state index in [1.54, 1.807) is 11.0 Å². The van der Waals surface area contributed by atoms with Crippen LogP contribution in [0.5, 0.6) is 0 Å². The first-order valence-electron chi connectivity index (χ1n) is 9.14. The quantitative estimate of drug-likeness (QED) is 0.432. The van der Waals surface area contributed by atoms with E-state index in [-0.39, 0.29) is 18.3 Å². The highest BCUT2D eigenvalue weighted by atomic mass is 32.1. The smallest absolute Gasteiger partial charge is 0.374 e. The van der Waals surface area contributed by atoms with Gasteiger partial charge in [-0.25, -0.2) is 9.78 Å². The maximum absolute atomic E-state index is 12.4. The average Bonchev–Trinajstić information content (AvgIpc) is 3.40. The van der Waals surface area contributed by atoms with Crippen LogP contribution in [0.25, 0.3) is 21.0 Å². The lowest BCUT2D eigenvalue weighted by molar-refractivity contribution is -0.121. The van der Waals surface area contributed by atoms with E-state index >= 15 is 0 Å². The number of fused-ring (bicyclic) bond motifs is 1. The molecule has 0 saturated carbocycles. The van der Waals surface area contributed by atoms with Crippen molar-refractivity contribution in [2.75, 3.05) is 18.1 Å². The number of esters is 1. The molecule has 2 heterocycles. The number of furan rings is 1. The number of likely N-dealkylation sites (N-methyl/N-ethyl adjacent to an activating group) is 1. The van der Waals surface area contributed by atoms with Crippen molar-refractivity contribution < 1.29 is 18.7 Å². The zero-order valence-corrected chi connectivity index (χ0v) is 16.5. The Balaban J connectivity index is 1.42. The third kappa shape index (κ3) is 4.05. The van der Waals surface area contributed by atoms with Crippen LogP contribution in [0.1, 0.15) is 17.5 Å². The number of aromatic nitrogens is 1. The minimum atomic E-state index is -0.685. The molecule has 7 heteroatoms. The van der Waals surface area contributed by atoms with E-state index in [1.807, 2.05) is 61.5 Å². The van der Waals surface area contributed by atoms with Gasteiger partial charge in [-0.1, -0.05) is 30.3 Å². The summed E-state index contributed by atoms with van der Waals surface area (Å²) < 4.78 is 11.8. The van der Waals surface area contributed by atoms with Crippen LogP contribution >= 0.6 is 11.3 Å². The van der Waals surface area contributed by atoms with Gasteiger partial charge >= 0.3 is 5.97 Å². The number of ether oxygens (including phenoxy) is 1. The Morgan fingerprint density at radius 2 is 1.79 bits per heavy atom. The first-order valence-corrected chi connectivity index (χ1v) is 9.95. The molecule has 1 amide bonds. The minimum Gasteiger partial charge on any atom is -0.450 e. The Labute approximate surface area is 171 Å². The molecular formula is C22H18N2O4S. The molecule has 4 aromatic rings. The van der Waals surface area contributed by atoms with Gasteiger partial charge in [-0.2, -0.15) is 0 Å². The number of benzene rings is 2. The summed E-state index contributed by atoms with van der Waals surface area (Å²) in [6.45, 7) is 1.98. The fraction of sp³-hybridized carbons (Fsp3) is 0.136. The summed E-state index contributed by atoms with van der Waals surface area (Å²) in [6, 6.07) is 20.2. The van der Waals surface area contributed by atoms with Gasteiger partial charge < -0.3 is 14.1 Å². The number of carbonyl (C=O) groups is 2. The number of amides is 1. The normalized spacial score (nSPS) is 10.8. The molecule has 0 fully saturated rings. The second-order valence-corrected chi connectivity index (χ2v) is 7.23. The van der Waals surface area contributed by atoms with Gasteiger partial charge in [0.15, 0.2) is 17.4 Å². The number of nitrogens with zero attached hydrogens (tertiary/aromatic N) is 2. The number of rotatable bonds is 6. The highest BCUT2D eigenvalue weighted by Gasteiger charge is 2.20. The number of anilines is 1. The van der Waals surface area contributed by atoms with Crippen molar-refractivity contribution in [2.45, 2.75) is 6.92 Å². The summed E-state index contributed by atoms with van der Waals surface area (Å²) in [5.41, 5.74) is 1.63. The van der Waals surface area contributed by atoms with Crippen molar-refractivity contribution in [1.82, 2.24) is 4.98 Å². The molecule has 0 radical (unpaired) electrons. The summed E-state index contributed by atoms with van der Waals surface area (Å²) in [7, 11) is 0. The molecule has 0 unspecified atom stereocenters. The largest absolute Gasteiger partial charge is 0.450 e. The zero-order valence-electron chi connectivity index (χ0n) is 15.7. The number of thiazole rings is 1. The van der Waals surface area contributed by atoms with Gasteiger partial charge in [-0.05, 0) is 43.3 Å². The predicted molar refractivity (Wildman–Crippen MR) is 112 cm³/mol. The minimum absolute atomic E-state index is 0.0369. The second-order valence-electron chi connectivity index (χ2n) is 6.20. The average molecular weight is 406 g/mol. The van der Waals surface area contributed by atoms with E-state index < -0.39 is 5.97 Å². The van der Waals surface area contributed by atoms with Crippen molar-refractivity contribution in [3.8, 4) is 10.8 Å². The van der Waals surface area contributed by atoms with Crippen molar-refractivity contribution in [3.63, 3.8) is 0 Å². The van der Waals surface area contributed by atoms with Crippen LogP contribution in [0.15, 0.2) is 71.1 Å². The van der Waals surface area contributed by atoms with Crippen LogP contribution in [0.3, 0.4) is 0 Å². The lowest BCUT2D eigenvalue weighted by atomic mass is 10.3. The second kappa shape index (κ2) is 8.28. The molecule has 0 saturated heterocycles. The Morgan fingerprint density at radius 3 is 2.55 bits per heavy atom. The van der Waals surface area contributed by atoms with Gasteiger partial charge in [0, 0.05) is 12.2 Å². The van der Waals surface area contributed by atoms with Crippen LogP contribution in [0.2, 0.25) is 0 Å². The molecular weight excluding hydrogens is 388 g/mol. The van der Waals surface area contributed by atoms with Crippen LogP contribution in [0, 0.1) is 0 Å². The van der Waals surface area contributed by atoms with Gasteiger partial charge in [0.05, 0.1) is 10.2 Å². The van der Waals surface area contributed by atoms with Crippen molar-refractivity contribution in [2.24, 2.45) is 0 Å². The van der Waals surface area contributed by atoms with E-state index in [2.05, 4.69) is 4.98 Å². The van der Waals surface area contributed by atoms with E-state index in [4.69, 9.17) is 9.15 Å². The molecule has 0 spiro atoms. The standard InChI is InChI=1S/C22H18N2O4S/c1-2-24(15-8-4-3-5-9-15)20(25)14-27-22(26)18-13-12-17(28-18)21-23-16-10-6-7-11-19(16)29-21/h3-13H,2,14H2,1H3. The third-order valence-corrected chi connectivity index (χ3v) is 5.37. The molecule has 0 aliphatic carbocycles. The fourth-order valence-electron chi connectivity index (χ4n) is 2.93. The molecule has 6 nitrogen and oxygen atoms in total. The lowest BCUT2D eigenvalue weighted by Crippen LogP contribution is -2.34. The first-order chi connectivity index (χ1) is 14.2. The van der Waals surface area contributed by atoms with Gasteiger partial charge in [0.2, 0.25) is 5.76 Å². The number of para-hydroxylation sites is 2. The Bertz CT molecular complexity index is 1120. The van der Waals surface area contributed by atoms with E-state index in [0.717, 1.165) is 15.9 Å². The molecule has 0 N–H and O–H groups in total. The van der Waals surface area contributed by atoms with Crippen LogP contribution in [-0.2, 0) is 9.53 Å². The molecule has 2 aromatic carbocycles. The Morgan fingerprint density at radius 1 is 1.03 bits per heavy atom. The van der Waals surface area contributed by atoms with Gasteiger partial charge in [0.1, 0.15) is 0 Å². The molecule has 0 atom stereocenters. The SMILES string of the molecule is CCN(C(=O)COC(=O)c1ccc(-c2nc3ccccc3s2)o1)c1ccccc1. The van der Waals surface area contributed by atoms with E-state index in [0.29, 0.717) is 17.3 Å². The molecule has 0 bridgehead atoms. The van der Waals surface area contributed by atoms with Gasteiger partial charge in [-0.15, -0.1) is 11.3 Å². The molecule has 29 heavy (non-hydrogen) atoms. The monoisotopic (exact) mass is 406 g/mol. The maximum atomic E-state index is 12.4. The summed E-state index contributed by atoms with van der Waals surface area (Å²) in [5, 5.41) is 0.683. The fourth-order valence-corrected chi connectivity index (χ4v) is 3.85. The van der Waals surface area contributed by atoms with Gasteiger partial charge in [-0.3, -0.25) is 4.79 Å². The number of hydrogen-bond donors (Lipinski definition) is 0. The molecule has 146 valence electrons. The summed E-state index contributed by atoms with van der Waals surface area (Å²) >= 11 is 1.48. The molecule has 4 rings (SSSR count). The van der Waals surface area contributed by atoms with Crippen LogP contribution in [-0.4, -0.2) is 30.0 Å². The molecule has 0 aliphatic heterocycles. The molecule has 2 aromatic heterocycles. The van der Waals surface area contributed by atoms with Crippen molar-refractivity contribution >= 4 is 39.1 Å². The van der Waals surface area contributed by atoms with Crippen molar-refractivity contribution in [3.05, 3.63) is 72.5 Å². The summed E-state index contributed by atoms with van der Waals surface area (Å²) in [5.74, 6) is -0.460. The van der Waals surface area contributed by atoms with Crippen LogP contribution < -0.4 is 4.90 Å². The number of carbonyl (C=O) groups excluding carboxylic acids is 2. The maximum Gasteiger partial charge on any atom is 0.374 e. The van der Waals surface area contributed by atoms with E-state index in [9.17, 15) is 9.59 Å². The summed E-state index contributed by atoms with van der Waals surface area (Å²) in [4.78, 5) is 30.8. The topological polar surface area (TPSA) is 72.6 Å². The third-order valence-electron chi connectivity index (χ3n) is 4.32. The van der Waals surface area contributed by atoms with Crippen LogP contribution in [0.4, 0.5) is 5.69 Å². The number of hydrogen-bond acceptors (Lipinski definition) is 6. The van der Waals surface area contributed by atoms with E-state index in [1.165, 1.54) is 17.4 Å². The Kier molecular flexibility index (Phi) is 5.39. The lowest BCUT2D eigenvalue weighted by Gasteiger charge is -2.20. The zero-order chi connectivity index (χ0) is 20.2. The molecule has 0 aliphatic rings. The van der Waals surface area contributed by atoms with Crippen molar-refractivity contribution in [1.29, 1.82) is 0 Å². The highest BCUT2D eigenvalue weighted by molar-refractivity contribution is 7.21. The van der Waals surface area contributed by atoms with Gasteiger partial charge in [0.25, 0.3) is 5.91 Å². The highest BCUT2D eigenvalue weighted by Crippen LogP contribution is 2.31. The predicted octanol–water partition coefficient (Wildman–Crippen LogP) is 4.77.